The Morgan fingerprint density at radius 3 is 2.56 bits per heavy atom. The van der Waals surface area contributed by atoms with Crippen LogP contribution in [0.15, 0.2) is 36.4 Å². The Morgan fingerprint density at radius 2 is 1.75 bits per heavy atom. The predicted molar refractivity (Wildman–Crippen MR) is 69.6 cm³/mol. The quantitative estimate of drug-likeness (QED) is 0.707. The Balaban J connectivity index is 2.21. The van der Waals surface area contributed by atoms with E-state index in [4.69, 9.17) is 5.73 Å². The molecule has 0 unspecified atom stereocenters. The molecule has 2 aromatic carbocycles. The van der Waals surface area contributed by atoms with Gasteiger partial charge in [0.1, 0.15) is 0 Å². The highest BCUT2D eigenvalue weighted by atomic mass is 14.5. The van der Waals surface area contributed by atoms with E-state index in [0.717, 1.165) is 11.6 Å². The standard InChI is InChI=1S/C15H17N/c16-13-9-12-7-3-4-8-14(12)15(10-13)11-5-1-2-6-11/h3-4,7-11H,1-2,5-6,16H2. The highest BCUT2D eigenvalue weighted by molar-refractivity contribution is 5.89. The number of benzene rings is 2. The Hall–Kier alpha value is -1.50. The van der Waals surface area contributed by atoms with E-state index in [2.05, 4.69) is 36.4 Å². The fourth-order valence-electron chi connectivity index (χ4n) is 2.94. The van der Waals surface area contributed by atoms with Crippen molar-refractivity contribution in [1.29, 1.82) is 0 Å². The number of nitrogens with two attached hydrogens (primary N) is 1. The fraction of sp³-hybridized carbons (Fsp3) is 0.333. The van der Waals surface area contributed by atoms with E-state index in [1.54, 1.807) is 0 Å². The van der Waals surface area contributed by atoms with Gasteiger partial charge in [-0.2, -0.15) is 0 Å². The van der Waals surface area contributed by atoms with E-state index < -0.39 is 0 Å². The molecule has 0 aromatic heterocycles. The molecular weight excluding hydrogens is 194 g/mol. The molecule has 0 spiro atoms. The summed E-state index contributed by atoms with van der Waals surface area (Å²) in [6, 6.07) is 12.8. The number of hydrogen-bond acceptors (Lipinski definition) is 1. The minimum Gasteiger partial charge on any atom is -0.399 e. The summed E-state index contributed by atoms with van der Waals surface area (Å²) < 4.78 is 0. The second kappa shape index (κ2) is 3.82. The maximum Gasteiger partial charge on any atom is 0.0323 e. The fourth-order valence-corrected chi connectivity index (χ4v) is 2.94. The van der Waals surface area contributed by atoms with Crippen molar-refractivity contribution in [3.63, 3.8) is 0 Å². The summed E-state index contributed by atoms with van der Waals surface area (Å²) in [5.74, 6) is 0.730. The van der Waals surface area contributed by atoms with Crippen molar-refractivity contribution in [3.8, 4) is 0 Å². The highest BCUT2D eigenvalue weighted by Gasteiger charge is 2.19. The van der Waals surface area contributed by atoms with Gasteiger partial charge in [0.15, 0.2) is 0 Å². The minimum atomic E-state index is 0.730. The van der Waals surface area contributed by atoms with E-state index in [1.807, 2.05) is 0 Å². The van der Waals surface area contributed by atoms with Crippen molar-refractivity contribution in [3.05, 3.63) is 42.0 Å². The second-order valence-corrected chi connectivity index (χ2v) is 4.81. The molecule has 1 nitrogen and oxygen atoms in total. The van der Waals surface area contributed by atoms with Gasteiger partial charge in [-0.15, -0.1) is 0 Å². The van der Waals surface area contributed by atoms with Gasteiger partial charge >= 0.3 is 0 Å². The van der Waals surface area contributed by atoms with E-state index in [1.165, 1.54) is 42.0 Å². The lowest BCUT2D eigenvalue weighted by Gasteiger charge is -2.14. The third-order valence-electron chi connectivity index (χ3n) is 3.71. The van der Waals surface area contributed by atoms with Crippen LogP contribution in [0.25, 0.3) is 10.8 Å². The van der Waals surface area contributed by atoms with E-state index in [9.17, 15) is 0 Å². The Morgan fingerprint density at radius 1 is 1.00 bits per heavy atom. The van der Waals surface area contributed by atoms with Crippen molar-refractivity contribution in [1.82, 2.24) is 0 Å². The van der Waals surface area contributed by atoms with Gasteiger partial charge < -0.3 is 5.73 Å². The van der Waals surface area contributed by atoms with Gasteiger partial charge in [0.2, 0.25) is 0 Å². The molecule has 3 rings (SSSR count). The number of fused-ring (bicyclic) bond motifs is 1. The molecule has 82 valence electrons. The molecule has 1 aliphatic rings. The van der Waals surface area contributed by atoms with Gasteiger partial charge in [0, 0.05) is 5.69 Å². The minimum absolute atomic E-state index is 0.730. The number of hydrogen-bond donors (Lipinski definition) is 1. The van der Waals surface area contributed by atoms with Crippen LogP contribution in [0, 0.1) is 0 Å². The van der Waals surface area contributed by atoms with Crippen LogP contribution >= 0.6 is 0 Å². The molecule has 0 heterocycles. The van der Waals surface area contributed by atoms with Crippen molar-refractivity contribution < 1.29 is 0 Å². The monoisotopic (exact) mass is 211 g/mol. The van der Waals surface area contributed by atoms with Crippen LogP contribution in [0.4, 0.5) is 5.69 Å². The smallest absolute Gasteiger partial charge is 0.0323 e. The molecule has 0 atom stereocenters. The molecule has 0 radical (unpaired) electrons. The van der Waals surface area contributed by atoms with E-state index in [0.29, 0.717) is 0 Å². The average molecular weight is 211 g/mol. The second-order valence-electron chi connectivity index (χ2n) is 4.81. The van der Waals surface area contributed by atoms with Crippen LogP contribution in [0.5, 0.6) is 0 Å². The summed E-state index contributed by atoms with van der Waals surface area (Å²) in [5.41, 5.74) is 8.36. The molecule has 0 bridgehead atoms. The SMILES string of the molecule is Nc1cc(C2CCCC2)c2ccccc2c1. The molecule has 0 amide bonds. The molecular formula is C15H17N. The topological polar surface area (TPSA) is 26.0 Å². The zero-order valence-corrected chi connectivity index (χ0v) is 9.45. The van der Waals surface area contributed by atoms with Crippen LogP contribution < -0.4 is 5.73 Å². The van der Waals surface area contributed by atoms with Gasteiger partial charge in [-0.3, -0.25) is 0 Å². The Bertz CT molecular complexity index is 510. The molecule has 2 aromatic rings. The third-order valence-corrected chi connectivity index (χ3v) is 3.71. The van der Waals surface area contributed by atoms with Gasteiger partial charge in [-0.05, 0) is 47.2 Å². The molecule has 0 aliphatic heterocycles. The lowest BCUT2D eigenvalue weighted by molar-refractivity contribution is 0.730. The molecule has 1 aliphatic carbocycles. The van der Waals surface area contributed by atoms with Crippen LogP contribution in [-0.4, -0.2) is 0 Å². The van der Waals surface area contributed by atoms with Crippen LogP contribution in [0.3, 0.4) is 0 Å². The van der Waals surface area contributed by atoms with Crippen molar-refractivity contribution in [2.45, 2.75) is 31.6 Å². The average Bonchev–Trinajstić information content (AvgIpc) is 2.81. The third kappa shape index (κ3) is 1.57. The van der Waals surface area contributed by atoms with E-state index >= 15 is 0 Å². The molecule has 1 fully saturated rings. The Labute approximate surface area is 96.3 Å². The summed E-state index contributed by atoms with van der Waals surface area (Å²) in [7, 11) is 0. The van der Waals surface area contributed by atoms with Crippen LogP contribution in [0.1, 0.15) is 37.2 Å². The van der Waals surface area contributed by atoms with Crippen LogP contribution in [0.2, 0.25) is 0 Å². The van der Waals surface area contributed by atoms with E-state index in [-0.39, 0.29) is 0 Å². The molecule has 2 N–H and O–H groups in total. The normalized spacial score (nSPS) is 17.0. The predicted octanol–water partition coefficient (Wildman–Crippen LogP) is 4.08. The lowest BCUT2D eigenvalue weighted by atomic mass is 9.92. The molecule has 16 heavy (non-hydrogen) atoms. The van der Waals surface area contributed by atoms with Gasteiger partial charge in [0.25, 0.3) is 0 Å². The van der Waals surface area contributed by atoms with Crippen molar-refractivity contribution in [2.24, 2.45) is 0 Å². The Kier molecular flexibility index (Phi) is 2.32. The van der Waals surface area contributed by atoms with Crippen LogP contribution in [-0.2, 0) is 0 Å². The molecule has 1 saturated carbocycles. The molecule has 0 saturated heterocycles. The number of nitrogen functional groups attached to an aromatic ring is 1. The summed E-state index contributed by atoms with van der Waals surface area (Å²) >= 11 is 0. The van der Waals surface area contributed by atoms with Crippen molar-refractivity contribution >= 4 is 16.5 Å². The first kappa shape index (κ1) is 9.71. The zero-order chi connectivity index (χ0) is 11.0. The molecule has 1 heteroatoms. The number of anilines is 1. The highest BCUT2D eigenvalue weighted by Crippen LogP contribution is 2.38. The first-order chi connectivity index (χ1) is 7.84. The van der Waals surface area contributed by atoms with Crippen molar-refractivity contribution in [2.75, 3.05) is 5.73 Å². The number of rotatable bonds is 1. The first-order valence-electron chi connectivity index (χ1n) is 6.13. The van der Waals surface area contributed by atoms with Gasteiger partial charge in [0.05, 0.1) is 0 Å². The zero-order valence-electron chi connectivity index (χ0n) is 9.45. The summed E-state index contributed by atoms with van der Waals surface area (Å²) in [4.78, 5) is 0. The summed E-state index contributed by atoms with van der Waals surface area (Å²) in [6.45, 7) is 0. The summed E-state index contributed by atoms with van der Waals surface area (Å²) in [5, 5.41) is 2.67. The summed E-state index contributed by atoms with van der Waals surface area (Å²) in [6.07, 6.45) is 5.39. The first-order valence-corrected chi connectivity index (χ1v) is 6.13. The maximum absolute atomic E-state index is 5.99. The largest absolute Gasteiger partial charge is 0.399 e. The maximum atomic E-state index is 5.99. The lowest BCUT2D eigenvalue weighted by Crippen LogP contribution is -1.96. The van der Waals surface area contributed by atoms with Gasteiger partial charge in [-0.25, -0.2) is 0 Å². The van der Waals surface area contributed by atoms with Gasteiger partial charge in [-0.1, -0.05) is 37.1 Å².